The summed E-state index contributed by atoms with van der Waals surface area (Å²) in [4.78, 5) is 12.8. The molecule has 0 aliphatic carbocycles. The lowest BCUT2D eigenvalue weighted by Gasteiger charge is -2.27. The average molecular weight is 799 g/mol. The number of rotatable bonds is 15. The number of carboxylic acid groups (broad SMARTS) is 1. The number of benzene rings is 3. The summed E-state index contributed by atoms with van der Waals surface area (Å²) >= 11 is 0. The van der Waals surface area contributed by atoms with Crippen molar-refractivity contribution in [2.24, 2.45) is 0 Å². The summed E-state index contributed by atoms with van der Waals surface area (Å²) in [6.07, 6.45) is 9.70. The number of anilines is 1. The van der Waals surface area contributed by atoms with Crippen LogP contribution in [0.1, 0.15) is 63.6 Å². The summed E-state index contributed by atoms with van der Waals surface area (Å²) < 4.78 is 106. The Bertz CT molecular complexity index is 2460. The molecule has 54 heavy (non-hydrogen) atoms. The highest BCUT2D eigenvalue weighted by Crippen LogP contribution is 2.48. The molecule has 290 valence electrons. The van der Waals surface area contributed by atoms with Crippen LogP contribution >= 0.6 is 0 Å². The van der Waals surface area contributed by atoms with Crippen LogP contribution in [0.15, 0.2) is 89.5 Å². The lowest BCUT2D eigenvalue weighted by Crippen LogP contribution is -2.28. The van der Waals surface area contributed by atoms with Crippen LogP contribution in [0, 0.1) is 0 Å². The average Bonchev–Trinajstić information content (AvgIpc) is 3.40. The molecule has 0 bridgehead atoms. The topological polar surface area (TPSA) is 215 Å². The SMILES string of the molecule is CC1(C)C(/C=C/C=C/C=C2/N(CCCS(=O)(=O)[O-])c3ccc(CCC(=O)O)cc3C2(C)C)=[N+](CCCS(=O)(=O)[O-])c2ccc3cc(S(=O)(=O)[O-])ccc3c21. The van der Waals surface area contributed by atoms with Gasteiger partial charge in [0.25, 0.3) is 0 Å². The second-order valence-corrected chi connectivity index (χ2v) is 18.9. The van der Waals surface area contributed by atoms with Crippen LogP contribution in [0.4, 0.5) is 11.4 Å². The van der Waals surface area contributed by atoms with E-state index in [1.165, 1.54) is 12.1 Å². The molecule has 1 N–H and O–H groups in total. The van der Waals surface area contributed by atoms with Crippen molar-refractivity contribution >= 4 is 64.2 Å². The van der Waals surface area contributed by atoms with Crippen molar-refractivity contribution in [1.82, 2.24) is 0 Å². The number of carboxylic acids is 1. The molecule has 5 rings (SSSR count). The second-order valence-electron chi connectivity index (χ2n) is 14.5. The van der Waals surface area contributed by atoms with Crippen LogP contribution in [0.5, 0.6) is 0 Å². The lowest BCUT2D eigenvalue weighted by atomic mass is 9.79. The van der Waals surface area contributed by atoms with Crippen molar-refractivity contribution in [2.45, 2.75) is 69.1 Å². The Morgan fingerprint density at radius 1 is 0.833 bits per heavy atom. The molecule has 0 radical (unpaired) electrons. The van der Waals surface area contributed by atoms with Crippen LogP contribution in [0.3, 0.4) is 0 Å². The van der Waals surface area contributed by atoms with Gasteiger partial charge in [0.05, 0.1) is 30.5 Å². The minimum absolute atomic E-state index is 0.0268. The van der Waals surface area contributed by atoms with Gasteiger partial charge in [-0.3, -0.25) is 4.79 Å². The minimum Gasteiger partial charge on any atom is -0.748 e. The number of allylic oxidation sites excluding steroid dienone is 6. The van der Waals surface area contributed by atoms with Gasteiger partial charge in [-0.2, -0.15) is 4.58 Å². The molecule has 0 spiro atoms. The van der Waals surface area contributed by atoms with Crippen molar-refractivity contribution in [3.63, 3.8) is 0 Å². The van der Waals surface area contributed by atoms with E-state index in [0.717, 1.165) is 39.5 Å². The fourth-order valence-corrected chi connectivity index (χ4v) is 8.97. The molecule has 13 nitrogen and oxygen atoms in total. The molecule has 2 aliphatic rings. The quantitative estimate of drug-likeness (QED) is 0.125. The van der Waals surface area contributed by atoms with Gasteiger partial charge in [-0.15, -0.1) is 0 Å². The zero-order chi connectivity index (χ0) is 39.9. The van der Waals surface area contributed by atoms with E-state index in [1.54, 1.807) is 24.3 Å². The first-order valence-corrected chi connectivity index (χ1v) is 21.8. The third-order valence-corrected chi connectivity index (χ3v) is 12.4. The summed E-state index contributed by atoms with van der Waals surface area (Å²) in [7, 11) is -13.6. The van der Waals surface area contributed by atoms with Gasteiger partial charge in [-0.05, 0) is 78.9 Å². The summed E-state index contributed by atoms with van der Waals surface area (Å²) in [5, 5.41) is 10.5. The number of aliphatic carboxylic acids is 1. The molecule has 0 saturated heterocycles. The van der Waals surface area contributed by atoms with E-state index in [9.17, 15) is 48.8 Å². The first-order valence-electron chi connectivity index (χ1n) is 17.2. The Labute approximate surface area is 316 Å². The smallest absolute Gasteiger partial charge is 0.303 e. The van der Waals surface area contributed by atoms with Crippen LogP contribution in [0.2, 0.25) is 0 Å². The normalized spacial score (nSPS) is 17.7. The van der Waals surface area contributed by atoms with Crippen molar-refractivity contribution in [1.29, 1.82) is 0 Å². The molecule has 2 heterocycles. The van der Waals surface area contributed by atoms with E-state index in [-0.39, 0.29) is 37.2 Å². The van der Waals surface area contributed by atoms with Gasteiger partial charge in [0.1, 0.15) is 16.7 Å². The molecule has 3 aromatic carbocycles. The van der Waals surface area contributed by atoms with Gasteiger partial charge in [-0.1, -0.05) is 50.3 Å². The number of hydrogen-bond acceptors (Lipinski definition) is 11. The number of nitrogens with zero attached hydrogens (tertiary/aromatic N) is 2. The monoisotopic (exact) mass is 798 g/mol. The first kappa shape index (κ1) is 41.0. The molecule has 0 amide bonds. The Morgan fingerprint density at radius 2 is 1.52 bits per heavy atom. The predicted molar refractivity (Wildman–Crippen MR) is 202 cm³/mol. The number of aryl methyl sites for hydroxylation is 1. The van der Waals surface area contributed by atoms with Crippen molar-refractivity contribution in [3.8, 4) is 0 Å². The Balaban J connectivity index is 1.50. The van der Waals surface area contributed by atoms with Gasteiger partial charge >= 0.3 is 5.97 Å². The van der Waals surface area contributed by atoms with E-state index in [0.29, 0.717) is 17.2 Å². The largest absolute Gasteiger partial charge is 0.748 e. The molecule has 0 unspecified atom stereocenters. The Morgan fingerprint density at radius 3 is 2.17 bits per heavy atom. The molecule has 3 aromatic rings. The van der Waals surface area contributed by atoms with E-state index >= 15 is 0 Å². The van der Waals surface area contributed by atoms with E-state index in [1.807, 2.05) is 79.7 Å². The highest BCUT2D eigenvalue weighted by molar-refractivity contribution is 7.86. The van der Waals surface area contributed by atoms with Gasteiger partial charge in [0.2, 0.25) is 5.69 Å². The highest BCUT2D eigenvalue weighted by Gasteiger charge is 2.45. The van der Waals surface area contributed by atoms with Crippen molar-refractivity contribution in [2.75, 3.05) is 29.5 Å². The zero-order valence-corrected chi connectivity index (χ0v) is 32.8. The fourth-order valence-electron chi connectivity index (χ4n) is 7.49. The maximum Gasteiger partial charge on any atom is 0.303 e. The molecule has 0 aromatic heterocycles. The molecular weight excluding hydrogens is 757 g/mol. The van der Waals surface area contributed by atoms with E-state index in [4.69, 9.17) is 0 Å². The summed E-state index contributed by atoms with van der Waals surface area (Å²) in [6.45, 7) is 8.45. The van der Waals surface area contributed by atoms with Gasteiger partial charge in [0.15, 0.2) is 5.71 Å². The third kappa shape index (κ3) is 9.01. The van der Waals surface area contributed by atoms with Crippen LogP contribution in [-0.4, -0.2) is 84.9 Å². The van der Waals surface area contributed by atoms with Crippen molar-refractivity contribution in [3.05, 3.63) is 101 Å². The second kappa shape index (κ2) is 15.2. The highest BCUT2D eigenvalue weighted by atomic mass is 32.2. The minimum atomic E-state index is -4.69. The number of fused-ring (bicyclic) bond motifs is 4. The van der Waals surface area contributed by atoms with E-state index < -0.39 is 58.7 Å². The lowest BCUT2D eigenvalue weighted by molar-refractivity contribution is -0.437. The Hall–Kier alpha value is -4.19. The van der Waals surface area contributed by atoms with E-state index in [2.05, 4.69) is 0 Å². The predicted octanol–water partition coefficient (Wildman–Crippen LogP) is 4.80. The van der Waals surface area contributed by atoms with Crippen LogP contribution in [-0.2, 0) is 52.4 Å². The first-order chi connectivity index (χ1) is 25.0. The molecular formula is C38H42N2O11S3-2. The maximum absolute atomic E-state index is 11.7. The maximum atomic E-state index is 11.7. The standard InChI is InChI=1S/C38H44N2O11S3/c1-37(2)30-24-26(13-19-35(41)42)12-17-31(30)39(20-8-22-52(43,44)45)33(37)10-6-5-7-11-34-38(3,4)36-29-16-15-28(54(49,50)51)25-27(29)14-18-32(36)40(34)21-9-23-53(46,47)48/h5-7,10-12,14-18,24-25H,8-9,13,19-23H2,1-4H3,(H3-,41,42,43,44,45,46,47,48,49,50,51)/p-2. The Kier molecular flexibility index (Phi) is 11.5. The van der Waals surface area contributed by atoms with Crippen molar-refractivity contribution < 1.29 is 53.4 Å². The van der Waals surface area contributed by atoms with Gasteiger partial charge in [0, 0.05) is 65.4 Å². The zero-order valence-electron chi connectivity index (χ0n) is 30.3. The van der Waals surface area contributed by atoms with Crippen LogP contribution < -0.4 is 4.90 Å². The molecule has 0 fully saturated rings. The van der Waals surface area contributed by atoms with Gasteiger partial charge in [-0.25, -0.2) is 25.3 Å². The molecule has 2 aliphatic heterocycles. The fraction of sp³-hybridized carbons (Fsp3) is 0.368. The molecule has 16 heteroatoms. The third-order valence-electron chi connectivity index (χ3n) is 9.97. The summed E-state index contributed by atoms with van der Waals surface area (Å²) in [5.74, 6) is -1.99. The number of carbonyl (C=O) groups is 1. The summed E-state index contributed by atoms with van der Waals surface area (Å²) in [5.41, 5.74) is 4.60. The van der Waals surface area contributed by atoms with Crippen LogP contribution in [0.25, 0.3) is 10.8 Å². The number of hydrogen-bond donors (Lipinski definition) is 1. The molecule has 0 saturated carbocycles. The summed E-state index contributed by atoms with van der Waals surface area (Å²) in [6, 6.07) is 13.4. The van der Waals surface area contributed by atoms with Gasteiger partial charge < -0.3 is 23.7 Å². The molecule has 0 atom stereocenters.